The molecule has 2 N–H and O–H groups in total. The second-order valence-electron chi connectivity index (χ2n) is 4.89. The molecule has 1 aliphatic heterocycles. The molecule has 94 valence electrons. The van der Waals surface area contributed by atoms with E-state index in [4.69, 9.17) is 0 Å². The number of hydrogen-bond acceptors (Lipinski definition) is 3. The van der Waals surface area contributed by atoms with Crippen LogP contribution in [0.2, 0.25) is 0 Å². The smallest absolute Gasteiger partial charge is 0.0708 e. The van der Waals surface area contributed by atoms with Crippen molar-refractivity contribution in [3.8, 4) is 0 Å². The third-order valence-corrected chi connectivity index (χ3v) is 3.39. The molecular weight excluding hydrogens is 212 g/mol. The van der Waals surface area contributed by atoms with Crippen LogP contribution in [0.25, 0.3) is 0 Å². The molecule has 2 unspecified atom stereocenters. The largest absolute Gasteiger partial charge is 0.391 e. The molecular formula is C14H22N2O. The standard InChI is InChI=1S/C14H22N2O/c1-11-4-3-5-13(10-11)14(12(2)17)16-8-6-15-7-9-16/h3-5,10,12,14-15,17H,6-9H2,1-2H3. The molecule has 17 heavy (non-hydrogen) atoms. The summed E-state index contributed by atoms with van der Waals surface area (Å²) in [6.07, 6.45) is -0.338. The lowest BCUT2D eigenvalue weighted by Crippen LogP contribution is -2.47. The van der Waals surface area contributed by atoms with E-state index in [0.717, 1.165) is 26.2 Å². The Morgan fingerprint density at radius 1 is 1.29 bits per heavy atom. The Hall–Kier alpha value is -0.900. The van der Waals surface area contributed by atoms with Crippen molar-refractivity contribution in [2.45, 2.75) is 26.0 Å². The van der Waals surface area contributed by atoms with Crippen LogP contribution in [0, 0.1) is 6.92 Å². The van der Waals surface area contributed by atoms with Gasteiger partial charge in [0, 0.05) is 26.2 Å². The molecule has 0 radical (unpaired) electrons. The molecule has 2 atom stereocenters. The second kappa shape index (κ2) is 5.63. The van der Waals surface area contributed by atoms with Crippen LogP contribution in [0.4, 0.5) is 0 Å². The molecule has 0 aromatic heterocycles. The lowest BCUT2D eigenvalue weighted by atomic mass is 9.98. The van der Waals surface area contributed by atoms with E-state index in [0.29, 0.717) is 0 Å². The average Bonchev–Trinajstić information content (AvgIpc) is 2.30. The summed E-state index contributed by atoms with van der Waals surface area (Å²) in [5.74, 6) is 0. The zero-order valence-electron chi connectivity index (χ0n) is 10.7. The minimum Gasteiger partial charge on any atom is -0.391 e. The first-order valence-electron chi connectivity index (χ1n) is 6.38. The van der Waals surface area contributed by atoms with Gasteiger partial charge in [0.15, 0.2) is 0 Å². The minimum atomic E-state index is -0.338. The van der Waals surface area contributed by atoms with Gasteiger partial charge in [-0.25, -0.2) is 0 Å². The predicted molar refractivity (Wildman–Crippen MR) is 70.0 cm³/mol. The summed E-state index contributed by atoms with van der Waals surface area (Å²) in [4.78, 5) is 2.37. The summed E-state index contributed by atoms with van der Waals surface area (Å²) in [6, 6.07) is 8.59. The van der Waals surface area contributed by atoms with Gasteiger partial charge in [-0.1, -0.05) is 29.8 Å². The van der Waals surface area contributed by atoms with Crippen molar-refractivity contribution in [2.75, 3.05) is 26.2 Å². The fourth-order valence-corrected chi connectivity index (χ4v) is 2.61. The highest BCUT2D eigenvalue weighted by Crippen LogP contribution is 2.25. The van der Waals surface area contributed by atoms with E-state index in [1.165, 1.54) is 11.1 Å². The SMILES string of the molecule is Cc1cccc(C(C(C)O)N2CCNCC2)c1. The van der Waals surface area contributed by atoms with Gasteiger partial charge in [0.2, 0.25) is 0 Å². The Morgan fingerprint density at radius 2 is 2.00 bits per heavy atom. The molecule has 1 aromatic rings. The molecule has 3 nitrogen and oxygen atoms in total. The minimum absolute atomic E-state index is 0.122. The number of nitrogens with zero attached hydrogens (tertiary/aromatic N) is 1. The van der Waals surface area contributed by atoms with E-state index in [1.54, 1.807) is 0 Å². The van der Waals surface area contributed by atoms with Crippen LogP contribution in [0.15, 0.2) is 24.3 Å². The average molecular weight is 234 g/mol. The summed E-state index contributed by atoms with van der Waals surface area (Å²) in [5.41, 5.74) is 2.48. The molecule has 2 rings (SSSR count). The van der Waals surface area contributed by atoms with Gasteiger partial charge in [-0.15, -0.1) is 0 Å². The fraction of sp³-hybridized carbons (Fsp3) is 0.571. The zero-order valence-corrected chi connectivity index (χ0v) is 10.7. The zero-order chi connectivity index (χ0) is 12.3. The topological polar surface area (TPSA) is 35.5 Å². The van der Waals surface area contributed by atoms with Gasteiger partial charge in [-0.2, -0.15) is 0 Å². The van der Waals surface area contributed by atoms with E-state index < -0.39 is 0 Å². The van der Waals surface area contributed by atoms with Gasteiger partial charge >= 0.3 is 0 Å². The number of rotatable bonds is 3. The summed E-state index contributed by atoms with van der Waals surface area (Å²) in [6.45, 7) is 8.01. The molecule has 0 amide bonds. The number of aliphatic hydroxyl groups is 1. The molecule has 1 aliphatic rings. The van der Waals surface area contributed by atoms with Crippen LogP contribution >= 0.6 is 0 Å². The number of aliphatic hydroxyl groups excluding tert-OH is 1. The monoisotopic (exact) mass is 234 g/mol. The van der Waals surface area contributed by atoms with Crippen molar-refractivity contribution in [1.29, 1.82) is 0 Å². The number of nitrogens with one attached hydrogen (secondary N) is 1. The van der Waals surface area contributed by atoms with Crippen molar-refractivity contribution in [3.05, 3.63) is 35.4 Å². The molecule has 1 fully saturated rings. The van der Waals surface area contributed by atoms with E-state index in [9.17, 15) is 5.11 Å². The Balaban J connectivity index is 2.21. The fourth-order valence-electron chi connectivity index (χ4n) is 2.61. The maximum absolute atomic E-state index is 10.0. The Kier molecular flexibility index (Phi) is 4.15. The summed E-state index contributed by atoms with van der Waals surface area (Å²) >= 11 is 0. The van der Waals surface area contributed by atoms with Crippen LogP contribution in [0.1, 0.15) is 24.1 Å². The summed E-state index contributed by atoms with van der Waals surface area (Å²) in [7, 11) is 0. The van der Waals surface area contributed by atoms with E-state index >= 15 is 0 Å². The molecule has 1 saturated heterocycles. The van der Waals surface area contributed by atoms with Crippen LogP contribution in [-0.2, 0) is 0 Å². The molecule has 0 aliphatic carbocycles. The lowest BCUT2D eigenvalue weighted by Gasteiger charge is -2.37. The highest BCUT2D eigenvalue weighted by Gasteiger charge is 2.25. The summed E-state index contributed by atoms with van der Waals surface area (Å²) in [5, 5.41) is 13.4. The molecule has 0 bridgehead atoms. The third-order valence-electron chi connectivity index (χ3n) is 3.39. The Bertz CT molecular complexity index is 359. The first kappa shape index (κ1) is 12.6. The molecule has 1 heterocycles. The van der Waals surface area contributed by atoms with E-state index in [-0.39, 0.29) is 12.1 Å². The van der Waals surface area contributed by atoms with Crippen molar-refractivity contribution in [1.82, 2.24) is 10.2 Å². The van der Waals surface area contributed by atoms with Crippen molar-refractivity contribution >= 4 is 0 Å². The van der Waals surface area contributed by atoms with Gasteiger partial charge in [-0.05, 0) is 19.4 Å². The van der Waals surface area contributed by atoms with Gasteiger partial charge in [0.25, 0.3) is 0 Å². The van der Waals surface area contributed by atoms with Gasteiger partial charge in [-0.3, -0.25) is 4.90 Å². The Morgan fingerprint density at radius 3 is 2.59 bits per heavy atom. The van der Waals surface area contributed by atoms with Crippen LogP contribution in [-0.4, -0.2) is 42.3 Å². The summed E-state index contributed by atoms with van der Waals surface area (Å²) < 4.78 is 0. The maximum atomic E-state index is 10.0. The van der Waals surface area contributed by atoms with Crippen LogP contribution in [0.3, 0.4) is 0 Å². The first-order valence-corrected chi connectivity index (χ1v) is 6.38. The van der Waals surface area contributed by atoms with Crippen molar-refractivity contribution in [2.24, 2.45) is 0 Å². The first-order chi connectivity index (χ1) is 8.18. The number of hydrogen-bond donors (Lipinski definition) is 2. The lowest BCUT2D eigenvalue weighted by molar-refractivity contribution is 0.0525. The predicted octanol–water partition coefficient (Wildman–Crippen LogP) is 1.32. The molecule has 1 aromatic carbocycles. The van der Waals surface area contributed by atoms with E-state index in [1.807, 2.05) is 6.92 Å². The molecule has 0 saturated carbocycles. The highest BCUT2D eigenvalue weighted by molar-refractivity contribution is 5.26. The molecule has 3 heteroatoms. The Labute approximate surface area is 103 Å². The third kappa shape index (κ3) is 3.06. The van der Waals surface area contributed by atoms with Gasteiger partial charge in [0.05, 0.1) is 12.1 Å². The molecule has 0 spiro atoms. The second-order valence-corrected chi connectivity index (χ2v) is 4.89. The highest BCUT2D eigenvalue weighted by atomic mass is 16.3. The quantitative estimate of drug-likeness (QED) is 0.828. The number of piperazine rings is 1. The van der Waals surface area contributed by atoms with Gasteiger partial charge in [0.1, 0.15) is 0 Å². The number of benzene rings is 1. The number of aryl methyl sites for hydroxylation is 1. The normalized spacial score (nSPS) is 21.1. The van der Waals surface area contributed by atoms with Crippen molar-refractivity contribution < 1.29 is 5.11 Å². The van der Waals surface area contributed by atoms with Crippen LogP contribution in [0.5, 0.6) is 0 Å². The maximum Gasteiger partial charge on any atom is 0.0708 e. The van der Waals surface area contributed by atoms with Crippen LogP contribution < -0.4 is 5.32 Å². The van der Waals surface area contributed by atoms with Gasteiger partial charge < -0.3 is 10.4 Å². The van der Waals surface area contributed by atoms with E-state index in [2.05, 4.69) is 41.4 Å². The van der Waals surface area contributed by atoms with Crippen molar-refractivity contribution in [3.63, 3.8) is 0 Å².